The van der Waals surface area contributed by atoms with Gasteiger partial charge in [0.05, 0.1) is 18.5 Å². The monoisotopic (exact) mass is 382 g/mol. The van der Waals surface area contributed by atoms with Gasteiger partial charge in [-0.2, -0.15) is 0 Å². The molecule has 0 amide bonds. The van der Waals surface area contributed by atoms with Gasteiger partial charge >= 0.3 is 0 Å². The Hall–Kier alpha value is -2.18. The normalized spacial score (nSPS) is 21.9. The van der Waals surface area contributed by atoms with Crippen LogP contribution in [0.3, 0.4) is 0 Å². The van der Waals surface area contributed by atoms with Crippen molar-refractivity contribution in [3.05, 3.63) is 48.0 Å². The van der Waals surface area contributed by atoms with E-state index in [9.17, 15) is 5.11 Å². The van der Waals surface area contributed by atoms with Gasteiger partial charge in [-0.05, 0) is 63.8 Å². The summed E-state index contributed by atoms with van der Waals surface area (Å²) in [5.41, 5.74) is 1.91. The number of benzene rings is 1. The first-order valence-electron chi connectivity index (χ1n) is 10.3. The second-order valence-corrected chi connectivity index (χ2v) is 8.67. The molecule has 0 radical (unpaired) electrons. The molecular formula is C22H30N4O2. The Labute approximate surface area is 165 Å². The predicted octanol–water partition coefficient (Wildman–Crippen LogP) is 3.96. The van der Waals surface area contributed by atoms with Crippen LogP contribution in [0.5, 0.6) is 0 Å². The molecule has 1 saturated carbocycles. The lowest BCUT2D eigenvalue weighted by molar-refractivity contribution is 0.0736. The fraction of sp³-hybridized carbons (Fsp3) is 0.545. The number of nitrogens with one attached hydrogen (secondary N) is 1. The second kappa shape index (κ2) is 7.68. The summed E-state index contributed by atoms with van der Waals surface area (Å²) in [4.78, 5) is 0. The van der Waals surface area contributed by atoms with E-state index in [0.29, 0.717) is 17.8 Å². The standard InChI is InChI=1S/C22H30N4O2/c1-15(12-16-8-9-20-17(13-16)10-11-28-20)23-18-6-4-5-7-19(18)26-14-21(24-25-26)22(2,3)27/h8-11,13-15,18-19,23,27H,4-7,12H2,1-3H3/t15?,18-,19+/m0/s1. The highest BCUT2D eigenvalue weighted by molar-refractivity contribution is 5.77. The Balaban J connectivity index is 1.44. The molecule has 3 aromatic rings. The number of aliphatic hydroxyl groups is 1. The number of hydrogen-bond donors (Lipinski definition) is 2. The third-order valence-electron chi connectivity index (χ3n) is 5.76. The Morgan fingerprint density at radius 3 is 2.89 bits per heavy atom. The average molecular weight is 383 g/mol. The zero-order valence-corrected chi connectivity index (χ0v) is 16.9. The maximum absolute atomic E-state index is 10.2. The summed E-state index contributed by atoms with van der Waals surface area (Å²) < 4.78 is 7.39. The van der Waals surface area contributed by atoms with Crippen molar-refractivity contribution in [1.29, 1.82) is 0 Å². The molecular weight excluding hydrogens is 352 g/mol. The van der Waals surface area contributed by atoms with Crippen LogP contribution >= 0.6 is 0 Å². The smallest absolute Gasteiger partial charge is 0.133 e. The minimum Gasteiger partial charge on any atom is -0.464 e. The van der Waals surface area contributed by atoms with Gasteiger partial charge in [0.2, 0.25) is 0 Å². The minimum atomic E-state index is -0.963. The van der Waals surface area contributed by atoms with Gasteiger partial charge in [-0.1, -0.05) is 24.1 Å². The first-order chi connectivity index (χ1) is 13.4. The van der Waals surface area contributed by atoms with E-state index in [1.807, 2.05) is 23.0 Å². The number of rotatable bonds is 6. The quantitative estimate of drug-likeness (QED) is 0.675. The maximum Gasteiger partial charge on any atom is 0.133 e. The van der Waals surface area contributed by atoms with Gasteiger partial charge in [0.1, 0.15) is 16.9 Å². The van der Waals surface area contributed by atoms with Crippen molar-refractivity contribution in [2.24, 2.45) is 0 Å². The maximum atomic E-state index is 10.2. The van der Waals surface area contributed by atoms with E-state index in [1.54, 1.807) is 20.1 Å². The molecule has 0 saturated heterocycles. The molecule has 0 aliphatic heterocycles. The number of hydrogen-bond acceptors (Lipinski definition) is 5. The van der Waals surface area contributed by atoms with Gasteiger partial charge in [-0.3, -0.25) is 0 Å². The highest BCUT2D eigenvalue weighted by atomic mass is 16.3. The molecule has 2 aromatic heterocycles. The van der Waals surface area contributed by atoms with E-state index >= 15 is 0 Å². The molecule has 150 valence electrons. The number of fused-ring (bicyclic) bond motifs is 1. The van der Waals surface area contributed by atoms with Crippen LogP contribution in [0, 0.1) is 0 Å². The zero-order chi connectivity index (χ0) is 19.7. The Morgan fingerprint density at radius 1 is 1.29 bits per heavy atom. The molecule has 6 heteroatoms. The Bertz CT molecular complexity index is 924. The van der Waals surface area contributed by atoms with E-state index in [0.717, 1.165) is 30.2 Å². The third-order valence-corrected chi connectivity index (χ3v) is 5.76. The second-order valence-electron chi connectivity index (χ2n) is 8.67. The van der Waals surface area contributed by atoms with Gasteiger partial charge < -0.3 is 14.8 Å². The molecule has 0 spiro atoms. The van der Waals surface area contributed by atoms with Crippen LogP contribution in [0.15, 0.2) is 41.1 Å². The van der Waals surface area contributed by atoms with E-state index < -0.39 is 5.60 Å². The first-order valence-corrected chi connectivity index (χ1v) is 10.3. The third kappa shape index (κ3) is 4.13. The summed E-state index contributed by atoms with van der Waals surface area (Å²) in [6.07, 6.45) is 9.26. The van der Waals surface area contributed by atoms with E-state index in [1.165, 1.54) is 18.4 Å². The van der Waals surface area contributed by atoms with Crippen molar-refractivity contribution in [1.82, 2.24) is 20.3 Å². The van der Waals surface area contributed by atoms with Crippen molar-refractivity contribution >= 4 is 11.0 Å². The Kier molecular flexibility index (Phi) is 5.25. The van der Waals surface area contributed by atoms with Crippen molar-refractivity contribution in [2.45, 2.75) is 76.6 Å². The van der Waals surface area contributed by atoms with Gasteiger partial charge in [0, 0.05) is 17.5 Å². The van der Waals surface area contributed by atoms with Crippen molar-refractivity contribution in [3.8, 4) is 0 Å². The molecule has 1 aliphatic carbocycles. The van der Waals surface area contributed by atoms with Gasteiger partial charge in [-0.15, -0.1) is 5.10 Å². The summed E-state index contributed by atoms with van der Waals surface area (Å²) in [5, 5.41) is 23.7. The van der Waals surface area contributed by atoms with Crippen LogP contribution in [0.25, 0.3) is 11.0 Å². The summed E-state index contributed by atoms with van der Waals surface area (Å²) in [5.74, 6) is 0. The minimum absolute atomic E-state index is 0.274. The van der Waals surface area contributed by atoms with Crippen molar-refractivity contribution in [3.63, 3.8) is 0 Å². The highest BCUT2D eigenvalue weighted by Gasteiger charge is 2.30. The molecule has 1 aliphatic rings. The summed E-state index contributed by atoms with van der Waals surface area (Å²) in [6.45, 7) is 5.74. The lowest BCUT2D eigenvalue weighted by Crippen LogP contribution is -2.45. The first kappa shape index (κ1) is 19.2. The van der Waals surface area contributed by atoms with Crippen LogP contribution in [0.2, 0.25) is 0 Å². The van der Waals surface area contributed by atoms with Crippen LogP contribution in [-0.2, 0) is 12.0 Å². The summed E-state index contributed by atoms with van der Waals surface area (Å²) in [6, 6.07) is 9.41. The fourth-order valence-electron chi connectivity index (χ4n) is 4.26. The molecule has 3 atom stereocenters. The lowest BCUT2D eigenvalue weighted by Gasteiger charge is -2.34. The van der Waals surface area contributed by atoms with Crippen LogP contribution in [0.4, 0.5) is 0 Å². The summed E-state index contributed by atoms with van der Waals surface area (Å²) >= 11 is 0. The molecule has 0 bridgehead atoms. The van der Waals surface area contributed by atoms with Crippen LogP contribution in [-0.4, -0.2) is 32.2 Å². The van der Waals surface area contributed by atoms with Gasteiger partial charge in [-0.25, -0.2) is 4.68 Å². The van der Waals surface area contributed by atoms with Crippen molar-refractivity contribution in [2.75, 3.05) is 0 Å². The zero-order valence-electron chi connectivity index (χ0n) is 16.9. The van der Waals surface area contributed by atoms with E-state index in [2.05, 4.69) is 34.7 Å². The van der Waals surface area contributed by atoms with E-state index in [-0.39, 0.29) is 6.04 Å². The topological polar surface area (TPSA) is 76.1 Å². The molecule has 1 aromatic carbocycles. The van der Waals surface area contributed by atoms with Crippen LogP contribution in [0.1, 0.15) is 63.8 Å². The predicted molar refractivity (Wildman–Crippen MR) is 109 cm³/mol. The van der Waals surface area contributed by atoms with Crippen molar-refractivity contribution < 1.29 is 9.52 Å². The van der Waals surface area contributed by atoms with Crippen LogP contribution < -0.4 is 5.32 Å². The summed E-state index contributed by atoms with van der Waals surface area (Å²) in [7, 11) is 0. The molecule has 2 heterocycles. The number of furan rings is 1. The SMILES string of the molecule is CC(Cc1ccc2occc2c1)N[C@H]1CCCC[C@H]1n1cc(C(C)(C)O)nn1. The Morgan fingerprint density at radius 2 is 2.11 bits per heavy atom. The largest absolute Gasteiger partial charge is 0.464 e. The molecule has 28 heavy (non-hydrogen) atoms. The lowest BCUT2D eigenvalue weighted by atomic mass is 9.89. The number of aromatic nitrogens is 3. The fourth-order valence-corrected chi connectivity index (χ4v) is 4.26. The highest BCUT2D eigenvalue weighted by Crippen LogP contribution is 2.30. The van der Waals surface area contributed by atoms with Gasteiger partial charge in [0.15, 0.2) is 0 Å². The molecule has 6 nitrogen and oxygen atoms in total. The van der Waals surface area contributed by atoms with E-state index in [4.69, 9.17) is 4.42 Å². The number of nitrogens with zero attached hydrogens (tertiary/aromatic N) is 3. The molecule has 1 unspecified atom stereocenters. The molecule has 2 N–H and O–H groups in total. The average Bonchev–Trinajstić information content (AvgIpc) is 3.31. The van der Waals surface area contributed by atoms with Gasteiger partial charge in [0.25, 0.3) is 0 Å². The molecule has 1 fully saturated rings. The molecule has 4 rings (SSSR count).